The monoisotopic (exact) mass is 395 g/mol. The molecule has 0 saturated carbocycles. The summed E-state index contributed by atoms with van der Waals surface area (Å²) in [5.41, 5.74) is 8.06. The van der Waals surface area contributed by atoms with E-state index >= 15 is 0 Å². The second-order valence-corrected chi connectivity index (χ2v) is 7.07. The van der Waals surface area contributed by atoms with Gasteiger partial charge >= 0.3 is 0 Å². The minimum Gasteiger partial charge on any atom is -0.497 e. The van der Waals surface area contributed by atoms with Crippen LogP contribution in [0.1, 0.15) is 28.4 Å². The number of carbonyl (C=O) groups is 1. The van der Waals surface area contributed by atoms with E-state index in [1.807, 2.05) is 21.7 Å². The predicted octanol–water partition coefficient (Wildman–Crippen LogP) is 2.04. The Balaban J connectivity index is 1.60. The normalized spacial score (nSPS) is 16.4. The SMILES string of the molecule is COc1ccc(OC)c(C(=O)N2CC[C@H](c3nn(CCN)c4ncccc34)C2)c1. The highest BCUT2D eigenvalue weighted by Gasteiger charge is 2.32. The fourth-order valence-corrected chi connectivity index (χ4v) is 3.93. The Hall–Kier alpha value is -3.13. The molecule has 1 atom stereocenters. The summed E-state index contributed by atoms with van der Waals surface area (Å²) in [6.07, 6.45) is 2.61. The smallest absolute Gasteiger partial charge is 0.257 e. The van der Waals surface area contributed by atoms with Gasteiger partial charge in [0.2, 0.25) is 0 Å². The van der Waals surface area contributed by atoms with E-state index in [4.69, 9.17) is 20.3 Å². The molecule has 1 amide bonds. The number of nitrogens with zero attached hydrogens (tertiary/aromatic N) is 4. The first-order chi connectivity index (χ1) is 14.2. The number of nitrogens with two attached hydrogens (primary N) is 1. The van der Waals surface area contributed by atoms with Gasteiger partial charge in [-0.25, -0.2) is 9.67 Å². The van der Waals surface area contributed by atoms with Gasteiger partial charge in [-0.1, -0.05) is 0 Å². The highest BCUT2D eigenvalue weighted by Crippen LogP contribution is 2.33. The lowest BCUT2D eigenvalue weighted by molar-refractivity contribution is 0.0787. The minimum absolute atomic E-state index is 0.0629. The van der Waals surface area contributed by atoms with Crippen LogP contribution in [0.5, 0.6) is 11.5 Å². The summed E-state index contributed by atoms with van der Waals surface area (Å²) >= 11 is 0. The van der Waals surface area contributed by atoms with Crippen LogP contribution in [0.3, 0.4) is 0 Å². The van der Waals surface area contributed by atoms with Crippen molar-refractivity contribution in [3.8, 4) is 11.5 Å². The predicted molar refractivity (Wildman–Crippen MR) is 109 cm³/mol. The number of amides is 1. The zero-order chi connectivity index (χ0) is 20.4. The summed E-state index contributed by atoms with van der Waals surface area (Å²) in [6, 6.07) is 9.22. The van der Waals surface area contributed by atoms with Gasteiger partial charge in [-0.2, -0.15) is 5.10 Å². The first-order valence-corrected chi connectivity index (χ1v) is 9.69. The summed E-state index contributed by atoms with van der Waals surface area (Å²) in [5, 5.41) is 5.81. The lowest BCUT2D eigenvalue weighted by Crippen LogP contribution is -2.29. The number of benzene rings is 1. The third-order valence-electron chi connectivity index (χ3n) is 5.38. The average Bonchev–Trinajstić information content (AvgIpc) is 3.38. The van der Waals surface area contributed by atoms with Gasteiger partial charge in [-0.05, 0) is 36.8 Å². The van der Waals surface area contributed by atoms with Crippen molar-refractivity contribution in [2.45, 2.75) is 18.9 Å². The van der Waals surface area contributed by atoms with Crippen LogP contribution in [0, 0.1) is 0 Å². The minimum atomic E-state index is -0.0629. The van der Waals surface area contributed by atoms with Crippen molar-refractivity contribution in [3.63, 3.8) is 0 Å². The molecule has 3 aromatic rings. The molecule has 3 heterocycles. The molecule has 0 spiro atoms. The maximum absolute atomic E-state index is 13.2. The van der Waals surface area contributed by atoms with Gasteiger partial charge < -0.3 is 20.1 Å². The number of carbonyl (C=O) groups excluding carboxylic acids is 1. The van der Waals surface area contributed by atoms with Crippen molar-refractivity contribution < 1.29 is 14.3 Å². The second-order valence-electron chi connectivity index (χ2n) is 7.07. The van der Waals surface area contributed by atoms with Crippen LogP contribution in [0.4, 0.5) is 0 Å². The fourth-order valence-electron chi connectivity index (χ4n) is 3.93. The Morgan fingerprint density at radius 1 is 1.28 bits per heavy atom. The third-order valence-corrected chi connectivity index (χ3v) is 5.38. The van der Waals surface area contributed by atoms with E-state index in [-0.39, 0.29) is 11.8 Å². The molecule has 29 heavy (non-hydrogen) atoms. The fraction of sp³-hybridized carbons (Fsp3) is 0.381. The first-order valence-electron chi connectivity index (χ1n) is 9.69. The Labute approximate surface area is 169 Å². The summed E-state index contributed by atoms with van der Waals surface area (Å²) < 4.78 is 12.5. The standard InChI is InChI=1S/C21H25N5O3/c1-28-15-5-6-18(29-2)17(12-15)21(27)25-10-7-14(13-25)19-16-4-3-9-23-20(16)26(24-19)11-8-22/h3-6,9,12,14H,7-8,10-11,13,22H2,1-2H3/t14-/m0/s1. The molecule has 1 fully saturated rings. The van der Waals surface area contributed by atoms with Crippen molar-refractivity contribution in [1.29, 1.82) is 0 Å². The summed E-state index contributed by atoms with van der Waals surface area (Å²) in [4.78, 5) is 19.5. The number of methoxy groups -OCH3 is 2. The molecule has 0 bridgehead atoms. The maximum atomic E-state index is 13.2. The molecule has 0 radical (unpaired) electrons. The third kappa shape index (κ3) is 3.51. The first kappa shape index (κ1) is 19.2. The van der Waals surface area contributed by atoms with Gasteiger partial charge in [-0.15, -0.1) is 0 Å². The van der Waals surface area contributed by atoms with Crippen LogP contribution in [0.25, 0.3) is 11.0 Å². The van der Waals surface area contributed by atoms with E-state index in [1.165, 1.54) is 0 Å². The van der Waals surface area contributed by atoms with Crippen molar-refractivity contribution in [2.75, 3.05) is 33.9 Å². The molecule has 0 unspecified atom stereocenters. The maximum Gasteiger partial charge on any atom is 0.257 e. The molecule has 152 valence electrons. The molecule has 8 heteroatoms. The number of hydrogen-bond donors (Lipinski definition) is 1. The number of likely N-dealkylation sites (tertiary alicyclic amines) is 1. The highest BCUT2D eigenvalue weighted by atomic mass is 16.5. The van der Waals surface area contributed by atoms with Crippen LogP contribution in [0.2, 0.25) is 0 Å². The van der Waals surface area contributed by atoms with Crippen LogP contribution >= 0.6 is 0 Å². The Morgan fingerprint density at radius 2 is 2.14 bits per heavy atom. The molecular formula is C21H25N5O3. The molecule has 1 aliphatic rings. The lowest BCUT2D eigenvalue weighted by atomic mass is 10.0. The van der Waals surface area contributed by atoms with Crippen LogP contribution in [-0.4, -0.2) is 59.4 Å². The van der Waals surface area contributed by atoms with Gasteiger partial charge in [0.05, 0.1) is 32.0 Å². The number of hydrogen-bond acceptors (Lipinski definition) is 6. The van der Waals surface area contributed by atoms with Gasteiger partial charge in [-0.3, -0.25) is 4.79 Å². The number of ether oxygens (including phenoxy) is 2. The molecule has 1 aliphatic heterocycles. The Morgan fingerprint density at radius 3 is 2.90 bits per heavy atom. The van der Waals surface area contributed by atoms with E-state index in [0.29, 0.717) is 43.2 Å². The highest BCUT2D eigenvalue weighted by molar-refractivity contribution is 5.97. The summed E-state index contributed by atoms with van der Waals surface area (Å²) in [6.45, 7) is 2.37. The van der Waals surface area contributed by atoms with E-state index in [9.17, 15) is 4.79 Å². The molecule has 4 rings (SSSR count). The summed E-state index contributed by atoms with van der Waals surface area (Å²) in [5.74, 6) is 1.26. The zero-order valence-electron chi connectivity index (χ0n) is 16.7. The van der Waals surface area contributed by atoms with Crippen molar-refractivity contribution in [3.05, 3.63) is 47.8 Å². The quantitative estimate of drug-likeness (QED) is 0.686. The van der Waals surface area contributed by atoms with Crippen LogP contribution < -0.4 is 15.2 Å². The topological polar surface area (TPSA) is 95.5 Å². The largest absolute Gasteiger partial charge is 0.497 e. The molecule has 1 saturated heterocycles. The molecule has 2 aromatic heterocycles. The van der Waals surface area contributed by atoms with Crippen molar-refractivity contribution in [1.82, 2.24) is 19.7 Å². The molecule has 2 N–H and O–H groups in total. The molecule has 0 aliphatic carbocycles. The van der Waals surface area contributed by atoms with E-state index in [0.717, 1.165) is 23.1 Å². The zero-order valence-corrected chi connectivity index (χ0v) is 16.7. The van der Waals surface area contributed by atoms with Crippen molar-refractivity contribution in [2.24, 2.45) is 5.73 Å². The molecular weight excluding hydrogens is 370 g/mol. The van der Waals surface area contributed by atoms with E-state index in [1.54, 1.807) is 38.6 Å². The molecule has 8 nitrogen and oxygen atoms in total. The Kier molecular flexibility index (Phi) is 5.35. The second kappa shape index (κ2) is 8.08. The number of fused-ring (bicyclic) bond motifs is 1. The number of aromatic nitrogens is 3. The number of pyridine rings is 1. The van der Waals surface area contributed by atoms with Gasteiger partial charge in [0.1, 0.15) is 11.5 Å². The van der Waals surface area contributed by atoms with Gasteiger partial charge in [0.25, 0.3) is 5.91 Å². The Bertz CT molecular complexity index is 1030. The van der Waals surface area contributed by atoms with Crippen molar-refractivity contribution >= 4 is 16.9 Å². The van der Waals surface area contributed by atoms with E-state index < -0.39 is 0 Å². The van der Waals surface area contributed by atoms with Crippen LogP contribution in [0.15, 0.2) is 36.5 Å². The van der Waals surface area contributed by atoms with Gasteiger partial charge in [0, 0.05) is 37.1 Å². The van der Waals surface area contributed by atoms with E-state index in [2.05, 4.69) is 4.98 Å². The average molecular weight is 395 g/mol. The van der Waals surface area contributed by atoms with Gasteiger partial charge in [0.15, 0.2) is 5.65 Å². The lowest BCUT2D eigenvalue weighted by Gasteiger charge is -2.18. The summed E-state index contributed by atoms with van der Waals surface area (Å²) in [7, 11) is 3.15. The molecule has 1 aromatic carbocycles. The number of rotatable bonds is 6. The van der Waals surface area contributed by atoms with Crippen LogP contribution in [-0.2, 0) is 6.54 Å².